The molecule has 3 aromatic heterocycles. The van der Waals surface area contributed by atoms with Crippen molar-refractivity contribution in [3.05, 3.63) is 132 Å². The van der Waals surface area contributed by atoms with E-state index in [2.05, 4.69) is 139 Å². The summed E-state index contributed by atoms with van der Waals surface area (Å²) in [5, 5.41) is 7.26. The standard InChI is InChI=1S/C46H50N4O/c1-31-20-23-47-43(26-31)50-41-15-10-9-14-39(41)40-17-16-38(28-42(40)50)51-37-13-11-12-36(27-37)49-30-35(29-48-49)44-33(18-21-45(3,4)5)24-32(2)25-34(44)19-22-46(6,7)8/h9-17,20,23-30H,18-19,21-22H2,1-8H3. The summed E-state index contributed by atoms with van der Waals surface area (Å²) in [6, 6.07) is 31.9. The molecule has 0 fully saturated rings. The second-order valence-electron chi connectivity index (χ2n) is 16.6. The summed E-state index contributed by atoms with van der Waals surface area (Å²) < 4.78 is 10.8. The first-order chi connectivity index (χ1) is 24.3. The van der Waals surface area contributed by atoms with Gasteiger partial charge in [0.2, 0.25) is 0 Å². The van der Waals surface area contributed by atoms with E-state index in [0.717, 1.165) is 65.3 Å². The highest BCUT2D eigenvalue weighted by atomic mass is 16.5. The molecule has 0 aliphatic heterocycles. The molecule has 5 heteroatoms. The number of benzene rings is 4. The predicted octanol–water partition coefficient (Wildman–Crippen LogP) is 12.4. The second kappa shape index (κ2) is 13.5. The van der Waals surface area contributed by atoms with Gasteiger partial charge in [-0.2, -0.15) is 5.10 Å². The second-order valence-corrected chi connectivity index (χ2v) is 16.6. The zero-order valence-electron chi connectivity index (χ0n) is 31.4. The number of pyridine rings is 1. The topological polar surface area (TPSA) is 44.9 Å². The maximum absolute atomic E-state index is 6.55. The normalized spacial score (nSPS) is 12.2. The summed E-state index contributed by atoms with van der Waals surface area (Å²) in [5.74, 6) is 2.42. The highest BCUT2D eigenvalue weighted by Gasteiger charge is 2.20. The molecule has 7 rings (SSSR count). The molecule has 0 atom stereocenters. The van der Waals surface area contributed by atoms with E-state index in [-0.39, 0.29) is 10.8 Å². The fraction of sp³-hybridized carbons (Fsp3) is 0.304. The number of rotatable bonds is 9. The minimum atomic E-state index is 0.260. The molecule has 5 nitrogen and oxygen atoms in total. The quantitative estimate of drug-likeness (QED) is 0.153. The fourth-order valence-corrected chi connectivity index (χ4v) is 7.05. The van der Waals surface area contributed by atoms with Crippen LogP contribution in [0.25, 0.3) is 44.4 Å². The molecular formula is C46H50N4O. The van der Waals surface area contributed by atoms with E-state index >= 15 is 0 Å². The lowest BCUT2D eigenvalue weighted by Gasteiger charge is -2.23. The number of hydrogen-bond acceptors (Lipinski definition) is 3. The van der Waals surface area contributed by atoms with Gasteiger partial charge in [0.1, 0.15) is 17.3 Å². The van der Waals surface area contributed by atoms with Gasteiger partial charge in [-0.05, 0) is 115 Å². The highest BCUT2D eigenvalue weighted by molar-refractivity contribution is 6.09. The van der Waals surface area contributed by atoms with Crippen molar-refractivity contribution in [1.29, 1.82) is 0 Å². The maximum Gasteiger partial charge on any atom is 0.137 e. The monoisotopic (exact) mass is 674 g/mol. The van der Waals surface area contributed by atoms with Gasteiger partial charge in [0, 0.05) is 40.9 Å². The molecule has 0 unspecified atom stereocenters. The number of aromatic nitrogens is 4. The summed E-state index contributed by atoms with van der Waals surface area (Å²) >= 11 is 0. The molecule has 0 saturated carbocycles. The van der Waals surface area contributed by atoms with Gasteiger partial charge in [-0.3, -0.25) is 4.57 Å². The summed E-state index contributed by atoms with van der Waals surface area (Å²) in [7, 11) is 0. The van der Waals surface area contributed by atoms with Crippen LogP contribution in [0.5, 0.6) is 11.5 Å². The van der Waals surface area contributed by atoms with Crippen LogP contribution in [0.3, 0.4) is 0 Å². The summed E-state index contributed by atoms with van der Waals surface area (Å²) in [6.07, 6.45) is 10.4. The SMILES string of the molecule is Cc1ccnc(-n2c3ccccc3c3ccc(Oc4cccc(-n5cc(-c6c(CCC(C)(C)C)cc(C)cc6CCC(C)(C)C)cn5)c4)cc32)c1. The van der Waals surface area contributed by atoms with Crippen LogP contribution >= 0.6 is 0 Å². The lowest BCUT2D eigenvalue weighted by molar-refractivity contribution is 0.376. The van der Waals surface area contributed by atoms with E-state index in [4.69, 9.17) is 14.8 Å². The molecule has 0 saturated heterocycles. The Morgan fingerprint density at radius 1 is 0.647 bits per heavy atom. The van der Waals surface area contributed by atoms with Crippen LogP contribution in [-0.2, 0) is 12.8 Å². The molecular weight excluding hydrogens is 625 g/mol. The van der Waals surface area contributed by atoms with Gasteiger partial charge in [0.15, 0.2) is 0 Å². The van der Waals surface area contributed by atoms with Gasteiger partial charge in [-0.25, -0.2) is 9.67 Å². The van der Waals surface area contributed by atoms with E-state index in [1.165, 1.54) is 38.6 Å². The van der Waals surface area contributed by atoms with Crippen LogP contribution in [0.15, 0.2) is 110 Å². The minimum absolute atomic E-state index is 0.260. The lowest BCUT2D eigenvalue weighted by atomic mass is 9.82. The molecule has 3 heterocycles. The van der Waals surface area contributed by atoms with Crippen molar-refractivity contribution in [3.63, 3.8) is 0 Å². The lowest BCUT2D eigenvalue weighted by Crippen LogP contribution is -2.10. The zero-order chi connectivity index (χ0) is 35.9. The van der Waals surface area contributed by atoms with Gasteiger partial charge in [-0.1, -0.05) is 83.5 Å². The Balaban J connectivity index is 1.22. The number of nitrogens with zero attached hydrogens (tertiary/aromatic N) is 4. The third kappa shape index (κ3) is 7.63. The molecule has 0 aliphatic carbocycles. The van der Waals surface area contributed by atoms with Crippen molar-refractivity contribution in [3.8, 4) is 34.1 Å². The van der Waals surface area contributed by atoms with Gasteiger partial charge in [0.25, 0.3) is 0 Å². The van der Waals surface area contributed by atoms with E-state index in [9.17, 15) is 0 Å². The van der Waals surface area contributed by atoms with Crippen LogP contribution in [0, 0.1) is 24.7 Å². The van der Waals surface area contributed by atoms with Crippen molar-refractivity contribution in [2.45, 2.75) is 81.1 Å². The highest BCUT2D eigenvalue weighted by Crippen LogP contribution is 2.37. The largest absolute Gasteiger partial charge is 0.457 e. The van der Waals surface area contributed by atoms with Crippen LogP contribution in [-0.4, -0.2) is 19.3 Å². The first-order valence-electron chi connectivity index (χ1n) is 18.2. The van der Waals surface area contributed by atoms with E-state index < -0.39 is 0 Å². The van der Waals surface area contributed by atoms with Gasteiger partial charge in [0.05, 0.1) is 22.9 Å². The van der Waals surface area contributed by atoms with Crippen molar-refractivity contribution < 1.29 is 4.74 Å². The third-order valence-corrected chi connectivity index (χ3v) is 9.70. The van der Waals surface area contributed by atoms with Crippen molar-refractivity contribution in [2.75, 3.05) is 0 Å². The van der Waals surface area contributed by atoms with Gasteiger partial charge < -0.3 is 4.74 Å². The number of ether oxygens (including phenoxy) is 1. The van der Waals surface area contributed by atoms with Crippen LogP contribution in [0.1, 0.15) is 76.6 Å². The van der Waals surface area contributed by atoms with E-state index in [1.807, 2.05) is 35.3 Å². The molecule has 0 spiro atoms. The number of aryl methyl sites for hydroxylation is 4. The summed E-state index contributed by atoms with van der Waals surface area (Å²) in [5.41, 5.74) is 11.5. The molecule has 7 aromatic rings. The molecule has 0 N–H and O–H groups in total. The molecule has 260 valence electrons. The number of fused-ring (bicyclic) bond motifs is 3. The predicted molar refractivity (Wildman–Crippen MR) is 213 cm³/mol. The minimum Gasteiger partial charge on any atom is -0.457 e. The van der Waals surface area contributed by atoms with E-state index in [0.29, 0.717) is 0 Å². The molecule has 0 bridgehead atoms. The zero-order valence-corrected chi connectivity index (χ0v) is 31.4. The Labute approximate surface area is 302 Å². The smallest absolute Gasteiger partial charge is 0.137 e. The maximum atomic E-state index is 6.55. The van der Waals surface area contributed by atoms with Crippen LogP contribution in [0.2, 0.25) is 0 Å². The van der Waals surface area contributed by atoms with Crippen molar-refractivity contribution >= 4 is 21.8 Å². The number of hydrogen-bond donors (Lipinski definition) is 0. The first-order valence-corrected chi connectivity index (χ1v) is 18.2. The summed E-state index contributed by atoms with van der Waals surface area (Å²) in [4.78, 5) is 4.73. The third-order valence-electron chi connectivity index (χ3n) is 9.70. The fourth-order valence-electron chi connectivity index (χ4n) is 7.05. The van der Waals surface area contributed by atoms with Crippen molar-refractivity contribution in [1.82, 2.24) is 19.3 Å². The van der Waals surface area contributed by atoms with Gasteiger partial charge in [-0.15, -0.1) is 0 Å². The van der Waals surface area contributed by atoms with E-state index in [1.54, 1.807) is 0 Å². The van der Waals surface area contributed by atoms with Crippen LogP contribution in [0.4, 0.5) is 0 Å². The Kier molecular flexibility index (Phi) is 9.09. The van der Waals surface area contributed by atoms with Crippen molar-refractivity contribution in [2.24, 2.45) is 10.8 Å². The Hall–Kier alpha value is -5.16. The molecule has 4 aromatic carbocycles. The first kappa shape index (κ1) is 34.3. The average molecular weight is 675 g/mol. The Morgan fingerprint density at radius 2 is 1.33 bits per heavy atom. The number of para-hydroxylation sites is 1. The molecule has 0 radical (unpaired) electrons. The average Bonchev–Trinajstić information content (AvgIpc) is 3.69. The molecule has 51 heavy (non-hydrogen) atoms. The van der Waals surface area contributed by atoms with Crippen LogP contribution < -0.4 is 4.74 Å². The summed E-state index contributed by atoms with van der Waals surface area (Å²) in [6.45, 7) is 18.3. The van der Waals surface area contributed by atoms with Gasteiger partial charge >= 0.3 is 0 Å². The Morgan fingerprint density at radius 3 is 2.04 bits per heavy atom. The Bertz CT molecular complexity index is 2310. The molecule has 0 aliphatic rings. The molecule has 0 amide bonds.